The van der Waals surface area contributed by atoms with Crippen molar-refractivity contribution in [2.24, 2.45) is 5.16 Å². The molecule has 0 bridgehead atoms. The Kier molecular flexibility index (Phi) is 9.33. The summed E-state index contributed by atoms with van der Waals surface area (Å²) in [4.78, 5) is 29.9. The third-order valence-electron chi connectivity index (χ3n) is 4.70. The van der Waals surface area contributed by atoms with E-state index < -0.39 is 11.9 Å². The average molecular weight is 519 g/mol. The molecule has 176 valence electrons. The van der Waals surface area contributed by atoms with Crippen molar-refractivity contribution in [1.82, 2.24) is 5.32 Å². The van der Waals surface area contributed by atoms with E-state index in [9.17, 15) is 9.59 Å². The molecule has 0 radical (unpaired) electrons. The Morgan fingerprint density at radius 2 is 1.65 bits per heavy atom. The van der Waals surface area contributed by atoms with Crippen molar-refractivity contribution in [3.05, 3.63) is 98.5 Å². The van der Waals surface area contributed by atoms with E-state index in [1.165, 1.54) is 6.07 Å². The highest BCUT2D eigenvalue weighted by Gasteiger charge is 2.13. The molecule has 0 aliphatic rings. The van der Waals surface area contributed by atoms with Gasteiger partial charge in [0.15, 0.2) is 0 Å². The van der Waals surface area contributed by atoms with Crippen molar-refractivity contribution in [2.45, 2.75) is 26.4 Å². The lowest BCUT2D eigenvalue weighted by Crippen LogP contribution is -2.34. The van der Waals surface area contributed by atoms with Gasteiger partial charge in [0, 0.05) is 11.3 Å². The molecule has 2 N–H and O–H groups in total. The van der Waals surface area contributed by atoms with Crippen molar-refractivity contribution in [3.63, 3.8) is 0 Å². The van der Waals surface area contributed by atoms with Gasteiger partial charge in [0.05, 0.1) is 26.3 Å². The summed E-state index contributed by atoms with van der Waals surface area (Å²) in [6.45, 7) is 2.29. The monoisotopic (exact) mass is 517 g/mol. The zero-order valence-corrected chi connectivity index (χ0v) is 20.5. The summed E-state index contributed by atoms with van der Waals surface area (Å²) in [6.07, 6.45) is 1.62. The van der Waals surface area contributed by atoms with Crippen LogP contribution in [0.2, 0.25) is 15.1 Å². The molecule has 9 heteroatoms. The Morgan fingerprint density at radius 1 is 0.912 bits per heavy atom. The topological polar surface area (TPSA) is 79.8 Å². The standard InChI is InChI=1S/C25H22Cl3N3O3/c1-2-5-23(17-10-13-21(27)22(28)14-17)31-34-15-16-8-11-18(12-9-16)29-25(33)30-24(32)19-6-3-4-7-20(19)26/h3-4,6-14H,2,5,15H2,1H3,(H2,29,30,32,33)/b31-23+. The highest BCUT2D eigenvalue weighted by Crippen LogP contribution is 2.24. The van der Waals surface area contributed by atoms with Crippen LogP contribution in [0.4, 0.5) is 10.5 Å². The second-order valence-electron chi connectivity index (χ2n) is 7.28. The number of halogens is 3. The minimum atomic E-state index is -0.663. The molecule has 34 heavy (non-hydrogen) atoms. The Labute approximate surface area is 212 Å². The Morgan fingerprint density at radius 3 is 2.32 bits per heavy atom. The number of urea groups is 1. The fourth-order valence-electron chi connectivity index (χ4n) is 3.00. The van der Waals surface area contributed by atoms with Crippen LogP contribution >= 0.6 is 34.8 Å². The Bertz CT molecular complexity index is 1200. The lowest BCUT2D eigenvalue weighted by molar-refractivity contribution is 0.0967. The first-order chi connectivity index (χ1) is 16.4. The summed E-state index contributed by atoms with van der Waals surface area (Å²) < 4.78 is 0. The third-order valence-corrected chi connectivity index (χ3v) is 5.77. The predicted molar refractivity (Wildman–Crippen MR) is 137 cm³/mol. The van der Waals surface area contributed by atoms with Crippen LogP contribution in [0.5, 0.6) is 0 Å². The van der Waals surface area contributed by atoms with E-state index in [0.717, 1.165) is 29.7 Å². The first-order valence-corrected chi connectivity index (χ1v) is 11.6. The van der Waals surface area contributed by atoms with E-state index in [2.05, 4.69) is 22.7 Å². The minimum Gasteiger partial charge on any atom is -0.391 e. The molecular formula is C25H22Cl3N3O3. The summed E-state index contributed by atoms with van der Waals surface area (Å²) in [7, 11) is 0. The number of nitrogens with one attached hydrogen (secondary N) is 2. The predicted octanol–water partition coefficient (Wildman–Crippen LogP) is 7.33. The van der Waals surface area contributed by atoms with E-state index in [0.29, 0.717) is 15.7 Å². The van der Waals surface area contributed by atoms with Crippen LogP contribution < -0.4 is 10.6 Å². The van der Waals surface area contributed by atoms with Gasteiger partial charge in [-0.05, 0) is 48.4 Å². The number of carbonyl (C=O) groups excluding carboxylic acids is 2. The van der Waals surface area contributed by atoms with Crippen molar-refractivity contribution in [1.29, 1.82) is 0 Å². The number of amides is 3. The number of imide groups is 1. The number of carbonyl (C=O) groups is 2. The molecule has 0 fully saturated rings. The molecule has 0 heterocycles. The van der Waals surface area contributed by atoms with Crippen molar-refractivity contribution >= 4 is 58.1 Å². The van der Waals surface area contributed by atoms with Gasteiger partial charge in [-0.1, -0.05) is 83.6 Å². The molecule has 0 aliphatic carbocycles. The molecule has 3 aromatic carbocycles. The van der Waals surface area contributed by atoms with Gasteiger partial charge >= 0.3 is 6.03 Å². The molecule has 0 aromatic heterocycles. The molecule has 0 aliphatic heterocycles. The van der Waals surface area contributed by atoms with Crippen LogP contribution in [0, 0.1) is 0 Å². The maximum Gasteiger partial charge on any atom is 0.326 e. The van der Waals surface area contributed by atoms with Crippen LogP contribution in [0.1, 0.15) is 41.3 Å². The number of anilines is 1. The highest BCUT2D eigenvalue weighted by molar-refractivity contribution is 6.42. The summed E-state index contributed by atoms with van der Waals surface area (Å²) >= 11 is 18.1. The van der Waals surface area contributed by atoms with Crippen LogP contribution in [0.15, 0.2) is 71.9 Å². The van der Waals surface area contributed by atoms with Gasteiger partial charge in [0.1, 0.15) is 6.61 Å². The second kappa shape index (κ2) is 12.4. The van der Waals surface area contributed by atoms with E-state index >= 15 is 0 Å². The third kappa shape index (κ3) is 7.22. The van der Waals surface area contributed by atoms with E-state index in [1.54, 1.807) is 54.6 Å². The smallest absolute Gasteiger partial charge is 0.326 e. The van der Waals surface area contributed by atoms with Crippen molar-refractivity contribution in [2.75, 3.05) is 5.32 Å². The number of hydrogen-bond donors (Lipinski definition) is 2. The normalized spacial score (nSPS) is 11.1. The van der Waals surface area contributed by atoms with Crippen molar-refractivity contribution < 1.29 is 14.4 Å². The average Bonchev–Trinajstić information content (AvgIpc) is 2.81. The molecular weight excluding hydrogens is 497 g/mol. The lowest BCUT2D eigenvalue weighted by Gasteiger charge is -2.09. The lowest BCUT2D eigenvalue weighted by atomic mass is 10.1. The molecule has 3 rings (SSSR count). The largest absolute Gasteiger partial charge is 0.391 e. The van der Waals surface area contributed by atoms with Gasteiger partial charge in [-0.15, -0.1) is 0 Å². The van der Waals surface area contributed by atoms with Crippen molar-refractivity contribution in [3.8, 4) is 0 Å². The number of rotatable bonds is 8. The molecule has 3 aromatic rings. The van der Waals surface area contributed by atoms with Crippen LogP contribution in [-0.4, -0.2) is 17.6 Å². The number of benzene rings is 3. The van der Waals surface area contributed by atoms with E-state index in [1.807, 2.05) is 6.07 Å². The number of oxime groups is 1. The van der Waals surface area contributed by atoms with Crippen LogP contribution in [0.3, 0.4) is 0 Å². The summed E-state index contributed by atoms with van der Waals surface area (Å²) in [5.74, 6) is -0.587. The van der Waals surface area contributed by atoms with Gasteiger partial charge in [-0.3, -0.25) is 10.1 Å². The fourth-order valence-corrected chi connectivity index (χ4v) is 3.52. The molecule has 3 amide bonds. The van der Waals surface area contributed by atoms with E-state index in [-0.39, 0.29) is 17.2 Å². The molecule has 0 unspecified atom stereocenters. The minimum absolute atomic E-state index is 0.218. The first kappa shape index (κ1) is 25.6. The molecule has 0 saturated carbocycles. The summed E-state index contributed by atoms with van der Waals surface area (Å²) in [5.41, 5.74) is 3.22. The van der Waals surface area contributed by atoms with Crippen LogP contribution in [0.25, 0.3) is 0 Å². The maximum atomic E-state index is 12.2. The molecule has 6 nitrogen and oxygen atoms in total. The highest BCUT2D eigenvalue weighted by atomic mass is 35.5. The summed E-state index contributed by atoms with van der Waals surface area (Å²) in [6, 6.07) is 18.2. The first-order valence-electron chi connectivity index (χ1n) is 10.5. The zero-order valence-electron chi connectivity index (χ0n) is 18.3. The van der Waals surface area contributed by atoms with E-state index in [4.69, 9.17) is 39.6 Å². The Hall–Kier alpha value is -3.06. The summed E-state index contributed by atoms with van der Waals surface area (Å²) in [5, 5.41) is 10.3. The molecule has 0 saturated heterocycles. The number of nitrogens with zero attached hydrogens (tertiary/aromatic N) is 1. The fraction of sp³-hybridized carbons (Fsp3) is 0.160. The second-order valence-corrected chi connectivity index (χ2v) is 8.50. The Balaban J connectivity index is 1.55. The van der Waals surface area contributed by atoms with Gasteiger partial charge in [-0.2, -0.15) is 0 Å². The molecule has 0 spiro atoms. The van der Waals surface area contributed by atoms with Gasteiger partial charge in [0.2, 0.25) is 0 Å². The van der Waals surface area contributed by atoms with Gasteiger partial charge < -0.3 is 10.2 Å². The quantitative estimate of drug-likeness (QED) is 0.242. The van der Waals surface area contributed by atoms with Gasteiger partial charge in [0.25, 0.3) is 5.91 Å². The SMILES string of the molecule is CCC/C(=N\OCc1ccc(NC(=O)NC(=O)c2ccccc2Cl)cc1)c1ccc(Cl)c(Cl)c1. The maximum absolute atomic E-state index is 12.2. The van der Waals surface area contributed by atoms with Crippen LogP contribution in [-0.2, 0) is 11.4 Å². The number of hydrogen-bond acceptors (Lipinski definition) is 4. The zero-order chi connectivity index (χ0) is 24.5. The van der Waals surface area contributed by atoms with Gasteiger partial charge in [-0.25, -0.2) is 4.79 Å². The molecule has 0 atom stereocenters.